The van der Waals surface area contributed by atoms with Crippen LogP contribution in [-0.2, 0) is 9.59 Å². The number of amides is 1. The van der Waals surface area contributed by atoms with E-state index in [4.69, 9.17) is 5.11 Å². The second kappa shape index (κ2) is 5.55. The summed E-state index contributed by atoms with van der Waals surface area (Å²) in [5, 5.41) is 8.89. The maximum Gasteiger partial charge on any atom is 0.573 e. The number of hydrogen-bond acceptors (Lipinski definition) is 3. The van der Waals surface area contributed by atoms with Gasteiger partial charge in [0.15, 0.2) is 0 Å². The van der Waals surface area contributed by atoms with E-state index >= 15 is 0 Å². The van der Waals surface area contributed by atoms with E-state index in [1.165, 1.54) is 17.0 Å². The summed E-state index contributed by atoms with van der Waals surface area (Å²) in [6.07, 6.45) is -4.95. The molecule has 1 saturated heterocycles. The second-order valence-electron chi connectivity index (χ2n) is 4.41. The second-order valence-corrected chi connectivity index (χ2v) is 5.26. The Morgan fingerprint density at radius 3 is 2.57 bits per heavy atom. The first-order chi connectivity index (χ1) is 9.67. The number of hydrogen-bond donors (Lipinski definition) is 1. The molecule has 1 aliphatic rings. The third kappa shape index (κ3) is 3.66. The lowest BCUT2D eigenvalue weighted by Gasteiger charge is -2.18. The third-order valence-electron chi connectivity index (χ3n) is 2.93. The molecule has 0 saturated carbocycles. The van der Waals surface area contributed by atoms with Gasteiger partial charge in [-0.2, -0.15) is 0 Å². The topological polar surface area (TPSA) is 66.8 Å². The molecule has 1 N–H and O–H groups in total. The largest absolute Gasteiger partial charge is 0.573 e. The van der Waals surface area contributed by atoms with Gasteiger partial charge in [0.05, 0.1) is 10.4 Å². The zero-order chi connectivity index (χ0) is 15.8. The molecule has 114 valence electrons. The molecule has 0 bridgehead atoms. The van der Waals surface area contributed by atoms with Crippen molar-refractivity contribution in [2.75, 3.05) is 11.4 Å². The lowest BCUT2D eigenvalue weighted by Crippen LogP contribution is -2.25. The van der Waals surface area contributed by atoms with E-state index in [-0.39, 0.29) is 17.4 Å². The number of ether oxygens (including phenoxy) is 1. The highest BCUT2D eigenvalue weighted by atomic mass is 79.9. The van der Waals surface area contributed by atoms with Crippen molar-refractivity contribution in [1.29, 1.82) is 0 Å². The maximum atomic E-state index is 12.2. The highest BCUT2D eigenvalue weighted by Gasteiger charge is 2.36. The smallest absolute Gasteiger partial charge is 0.481 e. The summed E-state index contributed by atoms with van der Waals surface area (Å²) in [7, 11) is 0. The minimum Gasteiger partial charge on any atom is -0.481 e. The molecule has 5 nitrogen and oxygen atoms in total. The number of alkyl halides is 3. The van der Waals surface area contributed by atoms with E-state index in [1.807, 2.05) is 0 Å². The number of aliphatic carboxylic acids is 1. The van der Waals surface area contributed by atoms with Gasteiger partial charge in [0.1, 0.15) is 5.75 Å². The van der Waals surface area contributed by atoms with E-state index in [0.717, 1.165) is 6.07 Å². The van der Waals surface area contributed by atoms with Gasteiger partial charge in [0.25, 0.3) is 0 Å². The van der Waals surface area contributed by atoms with E-state index < -0.39 is 29.9 Å². The van der Waals surface area contributed by atoms with Crippen LogP contribution in [0.5, 0.6) is 5.75 Å². The molecule has 1 atom stereocenters. The molecule has 1 aromatic carbocycles. The number of carbonyl (C=O) groups is 2. The molecule has 1 aromatic rings. The van der Waals surface area contributed by atoms with Crippen molar-refractivity contribution in [1.82, 2.24) is 0 Å². The fourth-order valence-corrected chi connectivity index (χ4v) is 2.44. The number of carbonyl (C=O) groups excluding carboxylic acids is 1. The zero-order valence-electron chi connectivity index (χ0n) is 10.4. The van der Waals surface area contributed by atoms with Crippen LogP contribution in [-0.4, -0.2) is 29.9 Å². The van der Waals surface area contributed by atoms with Crippen LogP contribution >= 0.6 is 15.9 Å². The van der Waals surface area contributed by atoms with Crippen molar-refractivity contribution in [3.63, 3.8) is 0 Å². The normalized spacial score (nSPS) is 19.0. The van der Waals surface area contributed by atoms with Crippen molar-refractivity contribution in [2.24, 2.45) is 5.92 Å². The summed E-state index contributed by atoms with van der Waals surface area (Å²) in [5.41, 5.74) is 0.310. The predicted molar refractivity (Wildman–Crippen MR) is 68.9 cm³/mol. The fraction of sp³-hybridized carbons (Fsp3) is 0.333. The van der Waals surface area contributed by atoms with Crippen LogP contribution < -0.4 is 9.64 Å². The molecule has 1 aliphatic heterocycles. The van der Waals surface area contributed by atoms with E-state index in [1.54, 1.807) is 0 Å². The number of nitrogens with zero attached hydrogens (tertiary/aromatic N) is 1. The molecule has 2 rings (SSSR count). The van der Waals surface area contributed by atoms with Gasteiger partial charge in [-0.05, 0) is 34.1 Å². The summed E-state index contributed by atoms with van der Waals surface area (Å²) in [5.74, 6) is -2.73. The lowest BCUT2D eigenvalue weighted by molar-refractivity contribution is -0.274. The van der Waals surface area contributed by atoms with Gasteiger partial charge in [0.2, 0.25) is 5.91 Å². The quantitative estimate of drug-likeness (QED) is 0.891. The Kier molecular flexibility index (Phi) is 4.13. The molecule has 0 spiro atoms. The van der Waals surface area contributed by atoms with Crippen molar-refractivity contribution in [3.8, 4) is 5.75 Å². The summed E-state index contributed by atoms with van der Waals surface area (Å²) >= 11 is 2.93. The molecule has 1 amide bonds. The molecule has 9 heteroatoms. The Balaban J connectivity index is 2.21. The van der Waals surface area contributed by atoms with Crippen LogP contribution in [0.1, 0.15) is 6.42 Å². The number of carboxylic acids is 1. The number of carboxylic acid groups (broad SMARTS) is 1. The number of benzene rings is 1. The van der Waals surface area contributed by atoms with E-state index in [2.05, 4.69) is 20.7 Å². The van der Waals surface area contributed by atoms with Crippen molar-refractivity contribution in [3.05, 3.63) is 22.7 Å². The highest BCUT2D eigenvalue weighted by Crippen LogP contribution is 2.35. The number of rotatable bonds is 3. The van der Waals surface area contributed by atoms with E-state index in [9.17, 15) is 22.8 Å². The molecular weight excluding hydrogens is 359 g/mol. The lowest BCUT2D eigenvalue weighted by atomic mass is 10.1. The first-order valence-electron chi connectivity index (χ1n) is 5.76. The van der Waals surface area contributed by atoms with Gasteiger partial charge in [-0.25, -0.2) is 0 Å². The zero-order valence-corrected chi connectivity index (χ0v) is 11.9. The number of anilines is 1. The van der Waals surface area contributed by atoms with Gasteiger partial charge in [-0.3, -0.25) is 9.59 Å². The standard InChI is InChI=1S/C12H9BrF3NO4/c13-8-4-7(1-2-9(8)21-12(14,15)16)17-5-6(11(19)20)3-10(17)18/h1-2,4,6H,3,5H2,(H,19,20). The van der Waals surface area contributed by atoms with Crippen molar-refractivity contribution >= 4 is 33.5 Å². The van der Waals surface area contributed by atoms with Gasteiger partial charge >= 0.3 is 12.3 Å². The molecule has 1 unspecified atom stereocenters. The Morgan fingerprint density at radius 2 is 2.10 bits per heavy atom. The van der Waals surface area contributed by atoms with Gasteiger partial charge in [0, 0.05) is 18.7 Å². The summed E-state index contributed by atoms with van der Waals surface area (Å²) in [4.78, 5) is 23.8. The molecule has 0 aromatic heterocycles. The highest BCUT2D eigenvalue weighted by molar-refractivity contribution is 9.10. The van der Waals surface area contributed by atoms with Gasteiger partial charge < -0.3 is 14.7 Å². The van der Waals surface area contributed by atoms with Crippen LogP contribution in [0.15, 0.2) is 22.7 Å². The van der Waals surface area contributed by atoms with Crippen LogP contribution in [0, 0.1) is 5.92 Å². The molecule has 21 heavy (non-hydrogen) atoms. The SMILES string of the molecule is O=C(O)C1CC(=O)N(c2ccc(OC(F)(F)F)c(Br)c2)C1. The molecule has 1 heterocycles. The fourth-order valence-electron chi connectivity index (χ4n) is 1.99. The van der Waals surface area contributed by atoms with Gasteiger partial charge in [-0.15, -0.1) is 13.2 Å². The van der Waals surface area contributed by atoms with E-state index in [0.29, 0.717) is 5.69 Å². The van der Waals surface area contributed by atoms with Crippen LogP contribution in [0.4, 0.5) is 18.9 Å². The molecule has 1 fully saturated rings. The number of halogens is 4. The van der Waals surface area contributed by atoms with Crippen LogP contribution in [0.2, 0.25) is 0 Å². The van der Waals surface area contributed by atoms with Crippen molar-refractivity contribution in [2.45, 2.75) is 12.8 Å². The average molecular weight is 368 g/mol. The predicted octanol–water partition coefficient (Wildman–Crippen LogP) is 2.79. The van der Waals surface area contributed by atoms with Crippen LogP contribution in [0.3, 0.4) is 0 Å². The van der Waals surface area contributed by atoms with Crippen molar-refractivity contribution < 1.29 is 32.6 Å². The molecule has 0 radical (unpaired) electrons. The van der Waals surface area contributed by atoms with Crippen LogP contribution in [0.25, 0.3) is 0 Å². The summed E-state index contributed by atoms with van der Waals surface area (Å²) in [6, 6.07) is 3.62. The first kappa shape index (κ1) is 15.6. The minimum absolute atomic E-state index is 0.0138. The summed E-state index contributed by atoms with van der Waals surface area (Å²) < 4.78 is 40.3. The Hall–Kier alpha value is -1.77. The maximum absolute atomic E-state index is 12.2. The molecule has 0 aliphatic carbocycles. The Morgan fingerprint density at radius 1 is 1.43 bits per heavy atom. The minimum atomic E-state index is -4.82. The molecular formula is C12H9BrF3NO4. The first-order valence-corrected chi connectivity index (χ1v) is 6.55. The monoisotopic (exact) mass is 367 g/mol. The Bertz CT molecular complexity index is 590. The average Bonchev–Trinajstić information content (AvgIpc) is 2.73. The third-order valence-corrected chi connectivity index (χ3v) is 3.55. The van der Waals surface area contributed by atoms with Gasteiger partial charge in [-0.1, -0.05) is 0 Å². The Labute approximate surface area is 125 Å². The summed E-state index contributed by atoms with van der Waals surface area (Å²) in [6.45, 7) is -0.0138.